The van der Waals surface area contributed by atoms with Gasteiger partial charge in [0.1, 0.15) is 0 Å². The Hall–Kier alpha value is -0.540. The van der Waals surface area contributed by atoms with Crippen LogP contribution in [0.1, 0.15) is 33.6 Å². The molecule has 0 amide bonds. The number of piperidine rings is 1. The predicted octanol–water partition coefficient (Wildman–Crippen LogP) is 3.35. The van der Waals surface area contributed by atoms with Crippen LogP contribution in [0.15, 0.2) is 16.8 Å². The minimum atomic E-state index is 0.380. The second-order valence-electron chi connectivity index (χ2n) is 6.21. The zero-order valence-electron chi connectivity index (χ0n) is 11.2. The molecule has 1 fully saturated rings. The number of nitrogens with zero attached hydrogens (tertiary/aromatic N) is 1. The summed E-state index contributed by atoms with van der Waals surface area (Å²) < 4.78 is 0. The largest absolute Gasteiger partial charge is 0.369 e. The topological polar surface area (TPSA) is 15.3 Å². The Morgan fingerprint density at radius 3 is 2.94 bits per heavy atom. The number of rotatable bonds is 3. The van der Waals surface area contributed by atoms with Gasteiger partial charge in [-0.25, -0.2) is 0 Å². The Labute approximate surface area is 109 Å². The van der Waals surface area contributed by atoms with Crippen molar-refractivity contribution in [1.29, 1.82) is 0 Å². The van der Waals surface area contributed by atoms with Crippen LogP contribution in [0, 0.1) is 5.41 Å². The van der Waals surface area contributed by atoms with E-state index in [0.29, 0.717) is 11.5 Å². The third kappa shape index (κ3) is 4.00. The summed E-state index contributed by atoms with van der Waals surface area (Å²) in [5, 5.41) is 8.14. The lowest BCUT2D eigenvalue weighted by Gasteiger charge is -2.35. The Balaban J connectivity index is 1.85. The fourth-order valence-electron chi connectivity index (χ4n) is 2.27. The summed E-state index contributed by atoms with van der Waals surface area (Å²) in [7, 11) is 0. The molecule has 1 aromatic heterocycles. The van der Waals surface area contributed by atoms with Crippen LogP contribution in [-0.2, 0) is 0 Å². The van der Waals surface area contributed by atoms with E-state index in [-0.39, 0.29) is 0 Å². The SMILES string of the molecule is CC(C)(C)CNC1CCCN(c2ccsc2)C1. The number of thiophene rings is 1. The molecule has 17 heavy (non-hydrogen) atoms. The summed E-state index contributed by atoms with van der Waals surface area (Å²) in [4.78, 5) is 2.51. The number of hydrogen-bond acceptors (Lipinski definition) is 3. The van der Waals surface area contributed by atoms with E-state index in [2.05, 4.69) is 47.8 Å². The summed E-state index contributed by atoms with van der Waals surface area (Å²) in [5.41, 5.74) is 1.78. The van der Waals surface area contributed by atoms with E-state index < -0.39 is 0 Å². The molecule has 2 heterocycles. The van der Waals surface area contributed by atoms with E-state index in [9.17, 15) is 0 Å². The molecule has 1 atom stereocenters. The van der Waals surface area contributed by atoms with Gasteiger partial charge in [-0.1, -0.05) is 20.8 Å². The first-order chi connectivity index (χ1) is 8.04. The average Bonchev–Trinajstić information content (AvgIpc) is 2.79. The molecule has 1 saturated heterocycles. The van der Waals surface area contributed by atoms with Crippen LogP contribution < -0.4 is 10.2 Å². The van der Waals surface area contributed by atoms with Crippen molar-refractivity contribution in [3.8, 4) is 0 Å². The molecule has 0 saturated carbocycles. The van der Waals surface area contributed by atoms with E-state index in [1.54, 1.807) is 11.3 Å². The summed E-state index contributed by atoms with van der Waals surface area (Å²) >= 11 is 1.79. The molecule has 1 aromatic rings. The molecule has 1 unspecified atom stereocenters. The Morgan fingerprint density at radius 1 is 1.47 bits per heavy atom. The molecular formula is C14H24N2S. The highest BCUT2D eigenvalue weighted by Crippen LogP contribution is 2.22. The van der Waals surface area contributed by atoms with E-state index in [4.69, 9.17) is 0 Å². The lowest BCUT2D eigenvalue weighted by Crippen LogP contribution is -2.47. The fraction of sp³-hybridized carbons (Fsp3) is 0.714. The highest BCUT2D eigenvalue weighted by molar-refractivity contribution is 7.08. The molecule has 2 nitrogen and oxygen atoms in total. The fourth-order valence-corrected chi connectivity index (χ4v) is 2.93. The minimum Gasteiger partial charge on any atom is -0.369 e. The smallest absolute Gasteiger partial charge is 0.0475 e. The van der Waals surface area contributed by atoms with Gasteiger partial charge in [-0.2, -0.15) is 11.3 Å². The van der Waals surface area contributed by atoms with Gasteiger partial charge in [-0.15, -0.1) is 0 Å². The average molecular weight is 252 g/mol. The number of hydrogen-bond donors (Lipinski definition) is 1. The summed E-state index contributed by atoms with van der Waals surface area (Å²) in [5.74, 6) is 0. The lowest BCUT2D eigenvalue weighted by molar-refractivity contribution is 0.328. The van der Waals surface area contributed by atoms with Crippen molar-refractivity contribution in [3.63, 3.8) is 0 Å². The second kappa shape index (κ2) is 5.40. The summed E-state index contributed by atoms with van der Waals surface area (Å²) in [6, 6.07) is 2.89. The minimum absolute atomic E-state index is 0.380. The van der Waals surface area contributed by atoms with Crippen molar-refractivity contribution >= 4 is 17.0 Å². The van der Waals surface area contributed by atoms with Gasteiger partial charge in [0, 0.05) is 36.7 Å². The van der Waals surface area contributed by atoms with E-state index in [0.717, 1.165) is 13.1 Å². The molecule has 96 valence electrons. The summed E-state index contributed by atoms with van der Waals surface area (Å²) in [6.45, 7) is 10.4. The van der Waals surface area contributed by atoms with E-state index in [1.807, 2.05) is 0 Å². The molecule has 1 aliphatic rings. The first-order valence-corrected chi connectivity index (χ1v) is 7.49. The molecule has 0 aromatic carbocycles. The van der Waals surface area contributed by atoms with Crippen LogP contribution in [0.2, 0.25) is 0 Å². The Kier molecular flexibility index (Phi) is 4.10. The Bertz CT molecular complexity index is 326. The van der Waals surface area contributed by atoms with Crippen molar-refractivity contribution < 1.29 is 0 Å². The lowest BCUT2D eigenvalue weighted by atomic mass is 9.95. The van der Waals surface area contributed by atoms with Crippen LogP contribution >= 0.6 is 11.3 Å². The molecule has 0 spiro atoms. The van der Waals surface area contributed by atoms with Crippen molar-refractivity contribution in [3.05, 3.63) is 16.8 Å². The predicted molar refractivity (Wildman–Crippen MR) is 77.0 cm³/mol. The molecule has 0 bridgehead atoms. The molecule has 2 rings (SSSR count). The van der Waals surface area contributed by atoms with Crippen molar-refractivity contribution in [1.82, 2.24) is 5.32 Å². The normalized spacial score (nSPS) is 21.8. The standard InChI is InChI=1S/C14H24N2S/c1-14(2,3)11-15-12-5-4-7-16(9-12)13-6-8-17-10-13/h6,8,10,12,15H,4-5,7,9,11H2,1-3H3. The van der Waals surface area contributed by atoms with Crippen LogP contribution in [0.5, 0.6) is 0 Å². The van der Waals surface area contributed by atoms with Gasteiger partial charge >= 0.3 is 0 Å². The third-order valence-electron chi connectivity index (χ3n) is 3.21. The zero-order chi connectivity index (χ0) is 12.3. The van der Waals surface area contributed by atoms with Gasteiger partial charge < -0.3 is 10.2 Å². The highest BCUT2D eigenvalue weighted by Gasteiger charge is 2.21. The van der Waals surface area contributed by atoms with Gasteiger partial charge in [0.2, 0.25) is 0 Å². The second-order valence-corrected chi connectivity index (χ2v) is 6.99. The molecule has 3 heteroatoms. The van der Waals surface area contributed by atoms with Crippen LogP contribution in [-0.4, -0.2) is 25.7 Å². The quantitative estimate of drug-likeness (QED) is 0.887. The van der Waals surface area contributed by atoms with Gasteiger partial charge in [0.25, 0.3) is 0 Å². The molecule has 0 aliphatic carbocycles. The van der Waals surface area contributed by atoms with E-state index >= 15 is 0 Å². The van der Waals surface area contributed by atoms with Crippen LogP contribution in [0.4, 0.5) is 5.69 Å². The first-order valence-electron chi connectivity index (χ1n) is 6.55. The maximum atomic E-state index is 3.72. The van der Waals surface area contributed by atoms with Crippen LogP contribution in [0.3, 0.4) is 0 Å². The molecule has 0 radical (unpaired) electrons. The van der Waals surface area contributed by atoms with Gasteiger partial charge in [-0.05, 0) is 29.7 Å². The first kappa shape index (κ1) is 12.9. The van der Waals surface area contributed by atoms with Crippen LogP contribution in [0.25, 0.3) is 0 Å². The van der Waals surface area contributed by atoms with Crippen molar-refractivity contribution in [2.75, 3.05) is 24.5 Å². The number of anilines is 1. The highest BCUT2D eigenvalue weighted by atomic mass is 32.1. The monoisotopic (exact) mass is 252 g/mol. The van der Waals surface area contributed by atoms with Crippen molar-refractivity contribution in [2.45, 2.75) is 39.7 Å². The summed E-state index contributed by atoms with van der Waals surface area (Å²) in [6.07, 6.45) is 2.62. The Morgan fingerprint density at radius 2 is 2.29 bits per heavy atom. The molecular weight excluding hydrogens is 228 g/mol. The molecule has 1 aliphatic heterocycles. The maximum absolute atomic E-state index is 3.72. The molecule has 1 N–H and O–H groups in total. The number of nitrogens with one attached hydrogen (secondary N) is 1. The van der Waals surface area contributed by atoms with Crippen molar-refractivity contribution in [2.24, 2.45) is 5.41 Å². The van der Waals surface area contributed by atoms with Gasteiger partial charge in [0.05, 0.1) is 0 Å². The maximum Gasteiger partial charge on any atom is 0.0475 e. The van der Waals surface area contributed by atoms with Gasteiger partial charge in [-0.3, -0.25) is 0 Å². The zero-order valence-corrected chi connectivity index (χ0v) is 12.0. The third-order valence-corrected chi connectivity index (χ3v) is 3.88. The van der Waals surface area contributed by atoms with E-state index in [1.165, 1.54) is 25.1 Å². The van der Waals surface area contributed by atoms with Gasteiger partial charge in [0.15, 0.2) is 0 Å².